The molecule has 0 amide bonds. The van der Waals surface area contributed by atoms with Crippen LogP contribution in [0.25, 0.3) is 0 Å². The molecule has 3 nitrogen and oxygen atoms in total. The van der Waals surface area contributed by atoms with Gasteiger partial charge in [-0.1, -0.05) is 0 Å². The Morgan fingerprint density at radius 2 is 1.57 bits per heavy atom. The molecule has 5 heteroatoms. The van der Waals surface area contributed by atoms with Crippen LogP contribution >= 0.6 is 23.6 Å². The lowest BCUT2D eigenvalue weighted by atomic mass is 9.97. The number of methoxy groups -OCH3 is 2. The number of nitrogens with zero attached hydrogens (tertiary/aromatic N) is 1. The van der Waals surface area contributed by atoms with Crippen LogP contribution in [0.2, 0.25) is 0 Å². The van der Waals surface area contributed by atoms with Crippen LogP contribution in [0.1, 0.15) is 27.9 Å². The van der Waals surface area contributed by atoms with Gasteiger partial charge in [-0.2, -0.15) is 0 Å². The standard InChI is InChI=1S/C16H21NO2S2/c1-9-8-21-16(20)17(9)7-13-12(4)14(18-5)10(2)11(3)15(13)19-6/h8H,7H2,1-6H3. The Bertz CT molecular complexity index is 729. The summed E-state index contributed by atoms with van der Waals surface area (Å²) in [5, 5.41) is 2.09. The molecule has 114 valence electrons. The van der Waals surface area contributed by atoms with Gasteiger partial charge in [-0.05, 0) is 56.6 Å². The Labute approximate surface area is 135 Å². The lowest BCUT2D eigenvalue weighted by Crippen LogP contribution is -2.09. The second-order valence-electron chi connectivity index (χ2n) is 5.15. The molecule has 1 heterocycles. The lowest BCUT2D eigenvalue weighted by Gasteiger charge is -2.21. The molecule has 2 rings (SSSR count). The first kappa shape index (κ1) is 16.0. The van der Waals surface area contributed by atoms with Crippen molar-refractivity contribution in [1.82, 2.24) is 4.57 Å². The average molecular weight is 323 g/mol. The third-order valence-electron chi connectivity index (χ3n) is 4.01. The molecule has 2 aromatic rings. The van der Waals surface area contributed by atoms with Crippen LogP contribution in [0.3, 0.4) is 0 Å². The molecule has 21 heavy (non-hydrogen) atoms. The van der Waals surface area contributed by atoms with E-state index in [-0.39, 0.29) is 0 Å². The van der Waals surface area contributed by atoms with Crippen molar-refractivity contribution in [3.8, 4) is 11.5 Å². The molecule has 0 radical (unpaired) electrons. The van der Waals surface area contributed by atoms with Crippen LogP contribution in [-0.2, 0) is 6.54 Å². The Hall–Kier alpha value is -1.33. The van der Waals surface area contributed by atoms with Crippen molar-refractivity contribution >= 4 is 23.6 Å². The quantitative estimate of drug-likeness (QED) is 0.770. The van der Waals surface area contributed by atoms with E-state index in [0.717, 1.165) is 37.7 Å². The number of benzene rings is 1. The van der Waals surface area contributed by atoms with Crippen molar-refractivity contribution in [2.24, 2.45) is 0 Å². The summed E-state index contributed by atoms with van der Waals surface area (Å²) in [7, 11) is 3.43. The van der Waals surface area contributed by atoms with E-state index in [1.165, 1.54) is 5.69 Å². The van der Waals surface area contributed by atoms with Crippen LogP contribution in [0, 0.1) is 31.6 Å². The number of aromatic nitrogens is 1. The number of aryl methyl sites for hydroxylation is 1. The van der Waals surface area contributed by atoms with E-state index in [1.807, 2.05) is 0 Å². The van der Waals surface area contributed by atoms with Gasteiger partial charge in [-0.25, -0.2) is 0 Å². The highest BCUT2D eigenvalue weighted by Gasteiger charge is 2.19. The maximum absolute atomic E-state index is 5.67. The molecule has 0 saturated heterocycles. The molecule has 0 spiro atoms. The summed E-state index contributed by atoms with van der Waals surface area (Å²) in [6, 6.07) is 0. The fraction of sp³-hybridized carbons (Fsp3) is 0.438. The van der Waals surface area contributed by atoms with Crippen molar-refractivity contribution in [3.63, 3.8) is 0 Å². The SMILES string of the molecule is COc1c(C)c(C)c(OC)c(Cn2c(C)csc2=S)c1C. The predicted molar refractivity (Wildman–Crippen MR) is 90.7 cm³/mol. The molecule has 0 atom stereocenters. The summed E-state index contributed by atoms with van der Waals surface area (Å²) in [6.07, 6.45) is 0. The average Bonchev–Trinajstić information content (AvgIpc) is 2.77. The molecular weight excluding hydrogens is 302 g/mol. The van der Waals surface area contributed by atoms with Gasteiger partial charge in [0.25, 0.3) is 0 Å². The van der Waals surface area contributed by atoms with Crippen molar-refractivity contribution in [2.75, 3.05) is 14.2 Å². The van der Waals surface area contributed by atoms with E-state index >= 15 is 0 Å². The monoisotopic (exact) mass is 323 g/mol. The molecule has 1 aromatic carbocycles. The Morgan fingerprint density at radius 1 is 1.00 bits per heavy atom. The van der Waals surface area contributed by atoms with Crippen molar-refractivity contribution < 1.29 is 9.47 Å². The fourth-order valence-corrected chi connectivity index (χ4v) is 3.77. The minimum atomic E-state index is 0.709. The molecule has 1 aromatic heterocycles. The number of hydrogen-bond acceptors (Lipinski definition) is 4. The predicted octanol–water partition coefficient (Wildman–Crippen LogP) is 4.58. The molecule has 0 aliphatic heterocycles. The molecule has 0 unspecified atom stereocenters. The van der Waals surface area contributed by atoms with Gasteiger partial charge in [0.1, 0.15) is 11.5 Å². The summed E-state index contributed by atoms with van der Waals surface area (Å²) in [6.45, 7) is 9.00. The molecule has 0 bridgehead atoms. The van der Waals surface area contributed by atoms with Crippen LogP contribution in [0.15, 0.2) is 5.38 Å². The number of ether oxygens (including phenoxy) is 2. The molecule has 0 fully saturated rings. The van der Waals surface area contributed by atoms with E-state index in [0.29, 0.717) is 6.54 Å². The fourth-order valence-electron chi connectivity index (χ4n) is 2.68. The number of thiazole rings is 1. The topological polar surface area (TPSA) is 23.4 Å². The van der Waals surface area contributed by atoms with Gasteiger partial charge < -0.3 is 14.0 Å². The zero-order valence-electron chi connectivity index (χ0n) is 13.4. The van der Waals surface area contributed by atoms with Crippen molar-refractivity contribution in [2.45, 2.75) is 34.2 Å². The third-order valence-corrected chi connectivity index (χ3v) is 5.40. The van der Waals surface area contributed by atoms with Crippen LogP contribution in [-0.4, -0.2) is 18.8 Å². The summed E-state index contributed by atoms with van der Waals surface area (Å²) in [5.41, 5.74) is 5.67. The zero-order chi connectivity index (χ0) is 15.7. The largest absolute Gasteiger partial charge is 0.496 e. The highest BCUT2D eigenvalue weighted by molar-refractivity contribution is 7.73. The normalized spacial score (nSPS) is 10.8. The van der Waals surface area contributed by atoms with Crippen molar-refractivity contribution in [3.05, 3.63) is 37.3 Å². The highest BCUT2D eigenvalue weighted by atomic mass is 32.1. The van der Waals surface area contributed by atoms with Gasteiger partial charge in [0.2, 0.25) is 0 Å². The summed E-state index contributed by atoms with van der Waals surface area (Å²) < 4.78 is 14.3. The van der Waals surface area contributed by atoms with Gasteiger partial charge in [0.15, 0.2) is 3.95 Å². The zero-order valence-corrected chi connectivity index (χ0v) is 15.0. The molecular formula is C16H21NO2S2. The second-order valence-corrected chi connectivity index (χ2v) is 6.65. The molecule has 0 N–H and O–H groups in total. The molecule has 0 saturated carbocycles. The first-order valence-electron chi connectivity index (χ1n) is 6.77. The van der Waals surface area contributed by atoms with E-state index in [9.17, 15) is 0 Å². The minimum absolute atomic E-state index is 0.709. The van der Waals surface area contributed by atoms with Crippen LogP contribution < -0.4 is 9.47 Å². The molecule has 0 aliphatic rings. The third kappa shape index (κ3) is 2.72. The smallest absolute Gasteiger partial charge is 0.161 e. The van der Waals surface area contributed by atoms with Gasteiger partial charge in [0.05, 0.1) is 20.8 Å². The summed E-state index contributed by atoms with van der Waals surface area (Å²) in [5.74, 6) is 1.86. The second kappa shape index (κ2) is 6.20. The van der Waals surface area contributed by atoms with E-state index in [4.69, 9.17) is 21.7 Å². The van der Waals surface area contributed by atoms with Crippen LogP contribution in [0.5, 0.6) is 11.5 Å². The maximum Gasteiger partial charge on any atom is 0.161 e. The number of rotatable bonds is 4. The summed E-state index contributed by atoms with van der Waals surface area (Å²) in [4.78, 5) is 0. The van der Waals surface area contributed by atoms with Crippen molar-refractivity contribution in [1.29, 1.82) is 0 Å². The first-order chi connectivity index (χ1) is 9.92. The van der Waals surface area contributed by atoms with E-state index in [1.54, 1.807) is 25.6 Å². The minimum Gasteiger partial charge on any atom is -0.496 e. The molecule has 0 aliphatic carbocycles. The van der Waals surface area contributed by atoms with Gasteiger partial charge in [0, 0.05) is 16.6 Å². The maximum atomic E-state index is 5.67. The van der Waals surface area contributed by atoms with Gasteiger partial charge >= 0.3 is 0 Å². The van der Waals surface area contributed by atoms with Gasteiger partial charge in [-0.15, -0.1) is 11.3 Å². The van der Waals surface area contributed by atoms with Gasteiger partial charge in [-0.3, -0.25) is 0 Å². The lowest BCUT2D eigenvalue weighted by molar-refractivity contribution is 0.389. The van der Waals surface area contributed by atoms with Crippen LogP contribution in [0.4, 0.5) is 0 Å². The van der Waals surface area contributed by atoms with E-state index in [2.05, 4.69) is 37.6 Å². The Kier molecular flexibility index (Phi) is 4.74. The highest BCUT2D eigenvalue weighted by Crippen LogP contribution is 2.38. The number of hydrogen-bond donors (Lipinski definition) is 0. The Morgan fingerprint density at radius 3 is 2.05 bits per heavy atom. The first-order valence-corrected chi connectivity index (χ1v) is 8.06. The Balaban J connectivity index is 2.68. The van der Waals surface area contributed by atoms with E-state index < -0.39 is 0 Å². The summed E-state index contributed by atoms with van der Waals surface area (Å²) >= 11 is 7.02.